The summed E-state index contributed by atoms with van der Waals surface area (Å²) in [6.07, 6.45) is 5.24. The summed E-state index contributed by atoms with van der Waals surface area (Å²) in [6, 6.07) is 15.4. The second-order valence-corrected chi connectivity index (χ2v) is 7.51. The maximum atomic E-state index is 6.55. The van der Waals surface area contributed by atoms with E-state index in [-0.39, 0.29) is 0 Å². The molecule has 0 saturated carbocycles. The highest BCUT2D eigenvalue weighted by Gasteiger charge is 2.13. The molecule has 0 unspecified atom stereocenters. The average Bonchev–Trinajstić information content (AvgIpc) is 2.80. The largest absolute Gasteiger partial charge is 0.456 e. The first kappa shape index (κ1) is 18.8. The normalized spacial score (nSPS) is 14.1. The van der Waals surface area contributed by atoms with Crippen LogP contribution in [0.1, 0.15) is 0 Å². The van der Waals surface area contributed by atoms with E-state index >= 15 is 0 Å². The van der Waals surface area contributed by atoms with E-state index in [4.69, 9.17) is 21.3 Å². The Kier molecular flexibility index (Phi) is 5.17. The summed E-state index contributed by atoms with van der Waals surface area (Å²) in [7, 11) is 0. The quantitative estimate of drug-likeness (QED) is 0.525. The lowest BCUT2D eigenvalue weighted by Crippen LogP contribution is -2.43. The van der Waals surface area contributed by atoms with Crippen molar-refractivity contribution in [3.05, 3.63) is 72.1 Å². The van der Waals surface area contributed by atoms with Gasteiger partial charge >= 0.3 is 0 Å². The van der Waals surface area contributed by atoms with Gasteiger partial charge in [0.25, 0.3) is 0 Å². The molecule has 5 rings (SSSR count). The second-order valence-electron chi connectivity index (χ2n) is 7.10. The number of halogens is 1. The number of rotatable bonds is 4. The number of hydrogen-bond acceptors (Lipinski definition) is 6. The van der Waals surface area contributed by atoms with Crippen molar-refractivity contribution in [2.45, 2.75) is 0 Å². The van der Waals surface area contributed by atoms with Gasteiger partial charge in [0.15, 0.2) is 0 Å². The van der Waals surface area contributed by atoms with Crippen molar-refractivity contribution in [3.8, 4) is 22.8 Å². The van der Waals surface area contributed by atoms with Gasteiger partial charge in [0.2, 0.25) is 0 Å². The fraction of sp³-hybridized carbons (Fsp3) is 0.174. The average molecular weight is 418 g/mol. The second kappa shape index (κ2) is 8.26. The number of pyridine rings is 3. The summed E-state index contributed by atoms with van der Waals surface area (Å²) < 4.78 is 5.89. The molecule has 1 N–H and O–H groups in total. The molecule has 7 heteroatoms. The Morgan fingerprint density at radius 1 is 0.967 bits per heavy atom. The summed E-state index contributed by atoms with van der Waals surface area (Å²) in [5.41, 5.74) is 2.48. The fourth-order valence-electron chi connectivity index (χ4n) is 3.54. The molecule has 0 spiro atoms. The maximum absolute atomic E-state index is 6.55. The smallest absolute Gasteiger partial charge is 0.145 e. The number of aromatic nitrogens is 3. The van der Waals surface area contributed by atoms with Crippen LogP contribution in [0.15, 0.2) is 67.1 Å². The zero-order valence-electron chi connectivity index (χ0n) is 16.3. The molecular weight excluding hydrogens is 398 g/mol. The van der Waals surface area contributed by atoms with Crippen molar-refractivity contribution in [2.24, 2.45) is 0 Å². The van der Waals surface area contributed by atoms with Crippen molar-refractivity contribution in [3.63, 3.8) is 0 Å². The lowest BCUT2D eigenvalue weighted by molar-refractivity contribution is 0.481. The van der Waals surface area contributed by atoms with Crippen molar-refractivity contribution in [1.82, 2.24) is 20.3 Å². The van der Waals surface area contributed by atoms with E-state index in [1.54, 1.807) is 12.4 Å². The predicted molar refractivity (Wildman–Crippen MR) is 119 cm³/mol. The van der Waals surface area contributed by atoms with Crippen LogP contribution in [0.5, 0.6) is 11.5 Å². The Balaban J connectivity index is 1.45. The lowest BCUT2D eigenvalue weighted by Gasteiger charge is -2.28. The molecule has 6 nitrogen and oxygen atoms in total. The van der Waals surface area contributed by atoms with Gasteiger partial charge in [-0.05, 0) is 42.5 Å². The van der Waals surface area contributed by atoms with Crippen LogP contribution in [-0.4, -0.2) is 41.1 Å². The van der Waals surface area contributed by atoms with Gasteiger partial charge in [-0.1, -0.05) is 11.6 Å². The number of benzene rings is 1. The van der Waals surface area contributed by atoms with Crippen molar-refractivity contribution >= 4 is 28.3 Å². The van der Waals surface area contributed by atoms with E-state index in [1.807, 2.05) is 54.7 Å². The minimum absolute atomic E-state index is 0.647. The van der Waals surface area contributed by atoms with Crippen molar-refractivity contribution in [2.75, 3.05) is 31.1 Å². The molecule has 1 fully saturated rings. The zero-order chi connectivity index (χ0) is 20.3. The molecule has 1 aliphatic rings. The highest BCUT2D eigenvalue weighted by molar-refractivity contribution is 6.35. The summed E-state index contributed by atoms with van der Waals surface area (Å²) >= 11 is 6.55. The third-order valence-corrected chi connectivity index (χ3v) is 5.40. The molecule has 1 aliphatic heterocycles. The fourth-order valence-corrected chi connectivity index (χ4v) is 3.80. The van der Waals surface area contributed by atoms with E-state index in [1.165, 1.54) is 0 Å². The van der Waals surface area contributed by atoms with E-state index in [9.17, 15) is 0 Å². The molecule has 1 aromatic carbocycles. The van der Waals surface area contributed by atoms with Crippen LogP contribution in [0.3, 0.4) is 0 Å². The molecule has 4 aromatic rings. The number of piperazine rings is 1. The Morgan fingerprint density at radius 2 is 1.87 bits per heavy atom. The minimum Gasteiger partial charge on any atom is -0.456 e. The molecule has 0 aliphatic carbocycles. The van der Waals surface area contributed by atoms with Gasteiger partial charge in [0.05, 0.1) is 22.4 Å². The molecule has 30 heavy (non-hydrogen) atoms. The third kappa shape index (κ3) is 3.92. The van der Waals surface area contributed by atoms with Gasteiger partial charge in [-0.3, -0.25) is 4.98 Å². The van der Waals surface area contributed by atoms with Gasteiger partial charge in [-0.15, -0.1) is 0 Å². The molecule has 0 amide bonds. The summed E-state index contributed by atoms with van der Waals surface area (Å²) in [5.74, 6) is 2.34. The summed E-state index contributed by atoms with van der Waals surface area (Å²) in [4.78, 5) is 15.8. The molecule has 150 valence electrons. The van der Waals surface area contributed by atoms with Crippen molar-refractivity contribution in [1.29, 1.82) is 0 Å². The lowest BCUT2D eigenvalue weighted by atomic mass is 10.1. The number of ether oxygens (including phenoxy) is 1. The van der Waals surface area contributed by atoms with Crippen molar-refractivity contribution < 1.29 is 4.74 Å². The van der Waals surface area contributed by atoms with Crippen LogP contribution in [0.2, 0.25) is 5.02 Å². The predicted octanol–water partition coefficient (Wildman–Crippen LogP) is 4.55. The molecule has 0 atom stereocenters. The number of anilines is 1. The molecule has 0 radical (unpaired) electrons. The van der Waals surface area contributed by atoms with Gasteiger partial charge in [-0.25, -0.2) is 9.97 Å². The maximum Gasteiger partial charge on any atom is 0.145 e. The first-order valence-corrected chi connectivity index (χ1v) is 10.2. The number of hydrogen-bond donors (Lipinski definition) is 1. The SMILES string of the molecule is Clc1cc(-c2ccc(N3CCNCC3)nc2)nc2cc(Oc3cccnc3)ccc12. The van der Waals surface area contributed by atoms with Crippen LogP contribution in [0.25, 0.3) is 22.2 Å². The zero-order valence-corrected chi connectivity index (χ0v) is 17.0. The molecule has 0 bridgehead atoms. The third-order valence-electron chi connectivity index (χ3n) is 5.09. The van der Waals surface area contributed by atoms with E-state index < -0.39 is 0 Å². The first-order valence-electron chi connectivity index (χ1n) is 9.86. The summed E-state index contributed by atoms with van der Waals surface area (Å²) in [5, 5.41) is 4.88. The van der Waals surface area contributed by atoms with Gasteiger partial charge in [0.1, 0.15) is 17.3 Å². The van der Waals surface area contributed by atoms with E-state index in [2.05, 4.69) is 20.2 Å². The topological polar surface area (TPSA) is 63.2 Å². The Bertz CT molecular complexity index is 1160. The molecule has 3 aromatic heterocycles. The Morgan fingerprint density at radius 3 is 2.63 bits per heavy atom. The van der Waals surface area contributed by atoms with Gasteiger partial charge in [-0.2, -0.15) is 0 Å². The molecular formula is C23H20ClN5O. The van der Waals surface area contributed by atoms with Crippen LogP contribution >= 0.6 is 11.6 Å². The number of nitrogens with zero attached hydrogens (tertiary/aromatic N) is 4. The minimum atomic E-state index is 0.647. The monoisotopic (exact) mass is 417 g/mol. The Hall–Kier alpha value is -3.22. The summed E-state index contributed by atoms with van der Waals surface area (Å²) in [6.45, 7) is 3.89. The van der Waals surface area contributed by atoms with Crippen LogP contribution in [0, 0.1) is 0 Å². The first-order chi connectivity index (χ1) is 14.8. The van der Waals surface area contributed by atoms with E-state index in [0.717, 1.165) is 54.2 Å². The van der Waals surface area contributed by atoms with Crippen LogP contribution in [0.4, 0.5) is 5.82 Å². The number of nitrogens with one attached hydrogen (secondary N) is 1. The molecule has 1 saturated heterocycles. The van der Waals surface area contributed by atoms with E-state index in [0.29, 0.717) is 16.5 Å². The highest BCUT2D eigenvalue weighted by Crippen LogP contribution is 2.32. The standard InChI is InChI=1S/C23H20ClN5O/c24-20-13-21(16-3-6-23(27-14-16)29-10-8-25-9-11-29)28-22-12-17(4-5-19(20)22)30-18-2-1-7-26-15-18/h1-7,12-15,25H,8-11H2. The van der Waals surface area contributed by atoms with Crippen LogP contribution < -0.4 is 15.0 Å². The van der Waals surface area contributed by atoms with Crippen LogP contribution in [-0.2, 0) is 0 Å². The van der Waals surface area contributed by atoms with Gasteiger partial charge < -0.3 is 15.0 Å². The molecule has 4 heterocycles. The highest BCUT2D eigenvalue weighted by atomic mass is 35.5. The Labute approximate surface area is 179 Å². The van der Waals surface area contributed by atoms with Gasteiger partial charge in [0, 0.05) is 55.6 Å². The number of fused-ring (bicyclic) bond motifs is 1.